The van der Waals surface area contributed by atoms with Crippen LogP contribution in [-0.2, 0) is 9.53 Å². The Morgan fingerprint density at radius 3 is 2.74 bits per heavy atom. The average molecular weight is 282 g/mol. The molecule has 1 aliphatic carbocycles. The summed E-state index contributed by atoms with van der Waals surface area (Å²) in [6.45, 7) is 0.352. The minimum absolute atomic E-state index is 0.0866. The Bertz CT molecular complexity index is 297. The molecule has 1 amide bonds. The van der Waals surface area contributed by atoms with Gasteiger partial charge in [0, 0.05) is 13.7 Å². The number of rotatable bonds is 5. The van der Waals surface area contributed by atoms with E-state index >= 15 is 0 Å². The molecule has 1 aliphatic rings. The summed E-state index contributed by atoms with van der Waals surface area (Å²) in [7, 11) is 1.43. The summed E-state index contributed by atoms with van der Waals surface area (Å²) < 4.78 is 42.6. The predicted molar refractivity (Wildman–Crippen MR) is 64.4 cm³/mol. The number of carbonyl (C=O) groups is 1. The molecule has 7 heteroatoms. The van der Waals surface area contributed by atoms with Gasteiger partial charge >= 0.3 is 6.18 Å². The van der Waals surface area contributed by atoms with Crippen molar-refractivity contribution in [2.75, 3.05) is 20.3 Å². The number of nitrogens with two attached hydrogens (primary N) is 1. The van der Waals surface area contributed by atoms with E-state index < -0.39 is 18.1 Å². The third-order valence-electron chi connectivity index (χ3n) is 3.49. The van der Waals surface area contributed by atoms with Crippen LogP contribution in [0.1, 0.15) is 25.7 Å². The van der Waals surface area contributed by atoms with Crippen LogP contribution in [0.15, 0.2) is 0 Å². The largest absolute Gasteiger partial charge is 0.391 e. The minimum Gasteiger partial charge on any atom is -0.383 e. The predicted octanol–water partition coefficient (Wildman–Crippen LogP) is 1.44. The molecule has 0 heterocycles. The van der Waals surface area contributed by atoms with Crippen molar-refractivity contribution in [2.45, 2.75) is 37.9 Å². The van der Waals surface area contributed by atoms with E-state index in [2.05, 4.69) is 5.32 Å². The molecule has 19 heavy (non-hydrogen) atoms. The van der Waals surface area contributed by atoms with Crippen LogP contribution in [0.25, 0.3) is 0 Å². The quantitative estimate of drug-likeness (QED) is 0.802. The van der Waals surface area contributed by atoms with Gasteiger partial charge in [-0.1, -0.05) is 6.42 Å². The van der Waals surface area contributed by atoms with E-state index in [0.29, 0.717) is 12.8 Å². The number of hydrogen-bond donors (Lipinski definition) is 2. The normalized spacial score (nSPS) is 25.9. The van der Waals surface area contributed by atoms with E-state index in [4.69, 9.17) is 10.5 Å². The number of alkyl halides is 3. The van der Waals surface area contributed by atoms with E-state index in [1.807, 2.05) is 0 Å². The highest BCUT2D eigenvalue weighted by molar-refractivity contribution is 5.81. The van der Waals surface area contributed by atoms with Crippen LogP contribution in [0.5, 0.6) is 0 Å². The first-order valence-electron chi connectivity index (χ1n) is 6.43. The first-order chi connectivity index (χ1) is 8.84. The maximum atomic E-state index is 12.6. The van der Waals surface area contributed by atoms with Crippen molar-refractivity contribution in [3.63, 3.8) is 0 Å². The molecular weight excluding hydrogens is 261 g/mol. The van der Waals surface area contributed by atoms with E-state index in [1.54, 1.807) is 0 Å². The highest BCUT2D eigenvalue weighted by Gasteiger charge is 2.42. The zero-order chi connectivity index (χ0) is 14.5. The molecule has 1 saturated carbocycles. The Hall–Kier alpha value is -0.820. The molecule has 0 aromatic heterocycles. The van der Waals surface area contributed by atoms with Gasteiger partial charge in [0.1, 0.15) is 6.04 Å². The fourth-order valence-electron chi connectivity index (χ4n) is 2.40. The minimum atomic E-state index is -4.13. The summed E-state index contributed by atoms with van der Waals surface area (Å²) in [5.74, 6) is -1.74. The van der Waals surface area contributed by atoms with Crippen LogP contribution >= 0.6 is 0 Å². The van der Waals surface area contributed by atoms with Gasteiger partial charge < -0.3 is 15.8 Å². The van der Waals surface area contributed by atoms with Crippen LogP contribution in [0.4, 0.5) is 13.2 Å². The Morgan fingerprint density at radius 2 is 2.16 bits per heavy atom. The van der Waals surface area contributed by atoms with E-state index in [1.165, 1.54) is 7.11 Å². The summed E-state index contributed by atoms with van der Waals surface area (Å²) in [5, 5.41) is 2.60. The highest BCUT2D eigenvalue weighted by Crippen LogP contribution is 2.39. The van der Waals surface area contributed by atoms with Gasteiger partial charge in [0.05, 0.1) is 12.5 Å². The number of methoxy groups -OCH3 is 1. The number of nitrogens with one attached hydrogen (secondary N) is 1. The van der Waals surface area contributed by atoms with Gasteiger partial charge in [-0.2, -0.15) is 13.2 Å². The van der Waals surface area contributed by atoms with Gasteiger partial charge in [-0.15, -0.1) is 0 Å². The molecule has 0 aromatic rings. The van der Waals surface area contributed by atoms with Crippen molar-refractivity contribution in [1.29, 1.82) is 0 Å². The van der Waals surface area contributed by atoms with Crippen LogP contribution in [0.2, 0.25) is 0 Å². The Kier molecular flexibility index (Phi) is 6.06. The molecule has 1 fully saturated rings. The third kappa shape index (κ3) is 5.36. The molecule has 3 unspecified atom stereocenters. The molecule has 0 radical (unpaired) electrons. The number of carbonyl (C=O) groups excluding carboxylic acids is 1. The molecule has 3 N–H and O–H groups in total. The maximum absolute atomic E-state index is 12.6. The van der Waals surface area contributed by atoms with Gasteiger partial charge in [0.15, 0.2) is 0 Å². The molecular formula is C12H21F3N2O2. The smallest absolute Gasteiger partial charge is 0.383 e. The molecule has 0 bridgehead atoms. The Balaban J connectivity index is 2.35. The zero-order valence-corrected chi connectivity index (χ0v) is 11.0. The maximum Gasteiger partial charge on any atom is 0.391 e. The van der Waals surface area contributed by atoms with Crippen molar-refractivity contribution in [2.24, 2.45) is 17.6 Å². The molecule has 112 valence electrons. The molecule has 0 aromatic carbocycles. The lowest BCUT2D eigenvalue weighted by Crippen LogP contribution is -2.45. The van der Waals surface area contributed by atoms with Gasteiger partial charge in [-0.05, 0) is 25.2 Å². The van der Waals surface area contributed by atoms with Gasteiger partial charge in [0.2, 0.25) is 5.91 Å². The second-order valence-corrected chi connectivity index (χ2v) is 5.08. The molecule has 0 aliphatic heterocycles. The van der Waals surface area contributed by atoms with Crippen LogP contribution in [-0.4, -0.2) is 38.4 Å². The van der Waals surface area contributed by atoms with Crippen molar-refractivity contribution in [3.05, 3.63) is 0 Å². The van der Waals surface area contributed by atoms with Crippen LogP contribution in [0, 0.1) is 11.8 Å². The fourth-order valence-corrected chi connectivity index (χ4v) is 2.40. The molecule has 4 nitrogen and oxygen atoms in total. The Morgan fingerprint density at radius 1 is 1.47 bits per heavy atom. The lowest BCUT2D eigenvalue weighted by Gasteiger charge is -2.30. The summed E-state index contributed by atoms with van der Waals surface area (Å²) >= 11 is 0. The lowest BCUT2D eigenvalue weighted by atomic mass is 9.81. The standard InChI is InChI=1S/C12H21F3N2O2/c1-19-7-10(16)11(18)17-6-8-3-2-4-9(5-8)12(13,14)15/h8-10H,2-7,16H2,1H3,(H,17,18). The van der Waals surface area contributed by atoms with Crippen molar-refractivity contribution in [3.8, 4) is 0 Å². The average Bonchev–Trinajstić information content (AvgIpc) is 2.35. The van der Waals surface area contributed by atoms with Gasteiger partial charge in [-0.3, -0.25) is 4.79 Å². The summed E-state index contributed by atoms with van der Waals surface area (Å²) in [6.07, 6.45) is -2.59. The van der Waals surface area contributed by atoms with Crippen LogP contribution in [0.3, 0.4) is 0 Å². The summed E-state index contributed by atoms with van der Waals surface area (Å²) in [5.41, 5.74) is 5.52. The van der Waals surface area contributed by atoms with Gasteiger partial charge in [-0.25, -0.2) is 0 Å². The molecule has 3 atom stereocenters. The first kappa shape index (κ1) is 16.2. The molecule has 0 spiro atoms. The van der Waals surface area contributed by atoms with Crippen molar-refractivity contribution < 1.29 is 22.7 Å². The highest BCUT2D eigenvalue weighted by atomic mass is 19.4. The lowest BCUT2D eigenvalue weighted by molar-refractivity contribution is -0.185. The van der Waals surface area contributed by atoms with E-state index in [-0.39, 0.29) is 37.8 Å². The molecule has 1 rings (SSSR count). The van der Waals surface area contributed by atoms with Crippen molar-refractivity contribution in [1.82, 2.24) is 5.32 Å². The van der Waals surface area contributed by atoms with E-state index in [9.17, 15) is 18.0 Å². The third-order valence-corrected chi connectivity index (χ3v) is 3.49. The number of amides is 1. The Labute approximate surface area is 110 Å². The SMILES string of the molecule is COCC(N)C(=O)NCC1CCCC(C(F)(F)F)C1. The number of ether oxygens (including phenoxy) is 1. The monoisotopic (exact) mass is 282 g/mol. The topological polar surface area (TPSA) is 64.3 Å². The number of halogens is 3. The second-order valence-electron chi connectivity index (χ2n) is 5.08. The molecule has 0 saturated heterocycles. The number of hydrogen-bond acceptors (Lipinski definition) is 3. The van der Waals surface area contributed by atoms with E-state index in [0.717, 1.165) is 0 Å². The zero-order valence-electron chi connectivity index (χ0n) is 11.0. The summed E-state index contributed by atoms with van der Waals surface area (Å²) in [6, 6.07) is -0.771. The summed E-state index contributed by atoms with van der Waals surface area (Å²) in [4.78, 5) is 11.5. The van der Waals surface area contributed by atoms with Crippen molar-refractivity contribution >= 4 is 5.91 Å². The van der Waals surface area contributed by atoms with Crippen LogP contribution < -0.4 is 11.1 Å². The first-order valence-corrected chi connectivity index (χ1v) is 6.43. The van der Waals surface area contributed by atoms with Gasteiger partial charge in [0.25, 0.3) is 0 Å². The second kappa shape index (κ2) is 7.09. The fraction of sp³-hybridized carbons (Fsp3) is 0.917.